The Balaban J connectivity index is 1.65. The lowest BCUT2D eigenvalue weighted by molar-refractivity contribution is 0.594. The summed E-state index contributed by atoms with van der Waals surface area (Å²) in [7, 11) is 0. The summed E-state index contributed by atoms with van der Waals surface area (Å²) in [4.78, 5) is 1.63. The number of rotatable bonds is 1. The maximum absolute atomic E-state index is 3.85. The first-order chi connectivity index (χ1) is 11.8. The van der Waals surface area contributed by atoms with Gasteiger partial charge in [0, 0.05) is 28.9 Å². The average Bonchev–Trinajstić information content (AvgIpc) is 3.17. The Morgan fingerprint density at radius 1 is 1.08 bits per heavy atom. The lowest BCUT2D eigenvalue weighted by atomic mass is 9.95. The standard InChI is InChI=1S/C21H22N2S/c1-14-6-4-7-15(12-14)20-18-9-5-11-23(18)21-17(13-22-20)16-8-2-3-10-19(16)24-21/h4-7,9,11-12,20,22H,2-3,8,10,13H2,1H3. The van der Waals surface area contributed by atoms with Crippen molar-refractivity contribution in [1.82, 2.24) is 9.88 Å². The van der Waals surface area contributed by atoms with Crippen LogP contribution in [0.3, 0.4) is 0 Å². The second kappa shape index (κ2) is 5.61. The minimum absolute atomic E-state index is 0.263. The van der Waals surface area contributed by atoms with E-state index < -0.39 is 0 Å². The lowest BCUT2D eigenvalue weighted by Crippen LogP contribution is -2.22. The predicted molar refractivity (Wildman–Crippen MR) is 100 cm³/mol. The molecule has 0 spiro atoms. The lowest BCUT2D eigenvalue weighted by Gasteiger charge is -2.19. The second-order valence-electron chi connectivity index (χ2n) is 7.03. The van der Waals surface area contributed by atoms with Crippen molar-refractivity contribution in [2.45, 2.75) is 45.2 Å². The number of fused-ring (bicyclic) bond motifs is 5. The zero-order valence-corrected chi connectivity index (χ0v) is 14.8. The molecule has 0 fully saturated rings. The number of aryl methyl sites for hydroxylation is 2. The molecule has 0 saturated carbocycles. The molecule has 3 heterocycles. The van der Waals surface area contributed by atoms with E-state index in [1.165, 1.54) is 47.5 Å². The SMILES string of the molecule is Cc1cccc(C2NCc3c(sc4c3CCCC4)-n3cccc32)c1. The van der Waals surface area contributed by atoms with E-state index in [0.717, 1.165) is 6.54 Å². The van der Waals surface area contributed by atoms with Crippen molar-refractivity contribution in [1.29, 1.82) is 0 Å². The average molecular weight is 334 g/mol. The molecule has 5 rings (SSSR count). The predicted octanol–water partition coefficient (Wildman–Crippen LogP) is 4.92. The van der Waals surface area contributed by atoms with E-state index in [2.05, 4.69) is 59.4 Å². The molecule has 122 valence electrons. The molecule has 1 atom stereocenters. The molecule has 0 saturated heterocycles. The first kappa shape index (κ1) is 14.5. The molecule has 2 nitrogen and oxygen atoms in total. The fraction of sp³-hybridized carbons (Fsp3) is 0.333. The van der Waals surface area contributed by atoms with Gasteiger partial charge in [0.15, 0.2) is 0 Å². The maximum Gasteiger partial charge on any atom is 0.104 e. The van der Waals surface area contributed by atoms with Crippen LogP contribution in [-0.4, -0.2) is 4.57 Å². The van der Waals surface area contributed by atoms with Crippen molar-refractivity contribution in [3.05, 3.63) is 75.4 Å². The van der Waals surface area contributed by atoms with Crippen LogP contribution in [0.4, 0.5) is 0 Å². The molecular weight excluding hydrogens is 312 g/mol. The Labute approximate surface area is 147 Å². The van der Waals surface area contributed by atoms with Crippen LogP contribution in [0, 0.1) is 6.92 Å². The van der Waals surface area contributed by atoms with E-state index in [1.54, 1.807) is 16.0 Å². The highest BCUT2D eigenvalue weighted by atomic mass is 32.1. The quantitative estimate of drug-likeness (QED) is 0.668. The highest BCUT2D eigenvalue weighted by molar-refractivity contribution is 7.15. The van der Waals surface area contributed by atoms with Crippen LogP contribution < -0.4 is 5.32 Å². The van der Waals surface area contributed by atoms with E-state index in [1.807, 2.05) is 11.3 Å². The third-order valence-corrected chi connectivity index (χ3v) is 6.75. The van der Waals surface area contributed by atoms with Gasteiger partial charge >= 0.3 is 0 Å². The van der Waals surface area contributed by atoms with Gasteiger partial charge < -0.3 is 9.88 Å². The van der Waals surface area contributed by atoms with Gasteiger partial charge in [0.25, 0.3) is 0 Å². The topological polar surface area (TPSA) is 17.0 Å². The summed E-state index contributed by atoms with van der Waals surface area (Å²) in [6, 6.07) is 13.6. The number of hydrogen-bond acceptors (Lipinski definition) is 2. The van der Waals surface area contributed by atoms with Crippen molar-refractivity contribution in [2.75, 3.05) is 0 Å². The zero-order chi connectivity index (χ0) is 16.1. The normalized spacial score (nSPS) is 19.3. The van der Waals surface area contributed by atoms with Crippen LogP contribution in [0.5, 0.6) is 0 Å². The van der Waals surface area contributed by atoms with Crippen LogP contribution in [0.15, 0.2) is 42.6 Å². The summed E-state index contributed by atoms with van der Waals surface area (Å²) < 4.78 is 2.44. The van der Waals surface area contributed by atoms with Crippen molar-refractivity contribution in [3.8, 4) is 5.00 Å². The zero-order valence-electron chi connectivity index (χ0n) is 14.0. The summed E-state index contributed by atoms with van der Waals surface area (Å²) in [5, 5.41) is 5.29. The number of nitrogens with zero attached hydrogens (tertiary/aromatic N) is 1. The van der Waals surface area contributed by atoms with Gasteiger partial charge in [-0.25, -0.2) is 0 Å². The fourth-order valence-electron chi connectivity index (χ4n) is 4.26. The number of nitrogens with one attached hydrogen (secondary N) is 1. The Hall–Kier alpha value is -1.84. The van der Waals surface area contributed by atoms with Crippen molar-refractivity contribution >= 4 is 11.3 Å². The summed E-state index contributed by atoms with van der Waals surface area (Å²) in [5.41, 5.74) is 7.22. The molecule has 1 aliphatic carbocycles. The molecule has 1 N–H and O–H groups in total. The van der Waals surface area contributed by atoms with Crippen LogP contribution in [-0.2, 0) is 19.4 Å². The summed E-state index contributed by atoms with van der Waals surface area (Å²) in [5.74, 6) is 0. The van der Waals surface area contributed by atoms with Gasteiger partial charge in [-0.15, -0.1) is 11.3 Å². The van der Waals surface area contributed by atoms with Gasteiger partial charge in [-0.1, -0.05) is 29.8 Å². The molecule has 0 amide bonds. The maximum atomic E-state index is 3.85. The molecule has 3 aromatic rings. The Bertz CT molecular complexity index is 902. The smallest absolute Gasteiger partial charge is 0.104 e. The second-order valence-corrected chi connectivity index (χ2v) is 8.11. The molecule has 0 radical (unpaired) electrons. The minimum Gasteiger partial charge on any atom is -0.310 e. The third-order valence-electron chi connectivity index (χ3n) is 5.41. The molecule has 1 aliphatic heterocycles. The van der Waals surface area contributed by atoms with Crippen LogP contribution >= 0.6 is 11.3 Å². The van der Waals surface area contributed by atoms with Gasteiger partial charge in [0.2, 0.25) is 0 Å². The number of aromatic nitrogens is 1. The monoisotopic (exact) mass is 334 g/mol. The van der Waals surface area contributed by atoms with Crippen molar-refractivity contribution in [2.24, 2.45) is 0 Å². The van der Waals surface area contributed by atoms with E-state index >= 15 is 0 Å². The molecule has 1 unspecified atom stereocenters. The van der Waals surface area contributed by atoms with Gasteiger partial charge in [-0.3, -0.25) is 0 Å². The first-order valence-corrected chi connectivity index (χ1v) is 9.74. The molecule has 3 heteroatoms. The van der Waals surface area contributed by atoms with Crippen LogP contribution in [0.2, 0.25) is 0 Å². The van der Waals surface area contributed by atoms with Crippen LogP contribution in [0.1, 0.15) is 51.7 Å². The Kier molecular flexibility index (Phi) is 3.39. The van der Waals surface area contributed by atoms with Crippen molar-refractivity contribution in [3.63, 3.8) is 0 Å². The third kappa shape index (κ3) is 2.19. The minimum atomic E-state index is 0.263. The van der Waals surface area contributed by atoms with Crippen LogP contribution in [0.25, 0.3) is 5.00 Å². The fourth-order valence-corrected chi connectivity index (χ4v) is 5.67. The number of benzene rings is 1. The van der Waals surface area contributed by atoms with Gasteiger partial charge in [0.1, 0.15) is 5.00 Å². The summed E-state index contributed by atoms with van der Waals surface area (Å²) in [6.45, 7) is 3.15. The summed E-state index contributed by atoms with van der Waals surface area (Å²) >= 11 is 2.02. The molecule has 24 heavy (non-hydrogen) atoms. The van der Waals surface area contributed by atoms with Gasteiger partial charge in [0.05, 0.1) is 6.04 Å². The largest absolute Gasteiger partial charge is 0.310 e. The van der Waals surface area contributed by atoms with E-state index in [4.69, 9.17) is 0 Å². The number of thiophene rings is 1. The van der Waals surface area contributed by atoms with E-state index in [0.29, 0.717) is 0 Å². The van der Waals surface area contributed by atoms with E-state index in [-0.39, 0.29) is 6.04 Å². The Morgan fingerprint density at radius 2 is 2.00 bits per heavy atom. The van der Waals surface area contributed by atoms with E-state index in [9.17, 15) is 0 Å². The molecule has 2 aliphatic rings. The molecule has 1 aromatic carbocycles. The molecular formula is C21H22N2S. The number of hydrogen-bond donors (Lipinski definition) is 1. The highest BCUT2D eigenvalue weighted by Crippen LogP contribution is 2.40. The molecule has 2 aromatic heterocycles. The van der Waals surface area contributed by atoms with Gasteiger partial charge in [-0.05, 0) is 55.9 Å². The molecule has 0 bridgehead atoms. The van der Waals surface area contributed by atoms with Crippen molar-refractivity contribution < 1.29 is 0 Å². The van der Waals surface area contributed by atoms with Gasteiger partial charge in [-0.2, -0.15) is 0 Å². The summed E-state index contributed by atoms with van der Waals surface area (Å²) in [6.07, 6.45) is 7.46. The first-order valence-electron chi connectivity index (χ1n) is 8.92. The highest BCUT2D eigenvalue weighted by Gasteiger charge is 2.28. The Morgan fingerprint density at radius 3 is 2.92 bits per heavy atom.